The summed E-state index contributed by atoms with van der Waals surface area (Å²) in [7, 11) is -16.6. The van der Waals surface area contributed by atoms with Gasteiger partial charge in [-0.3, -0.25) is 27.7 Å². The van der Waals surface area contributed by atoms with Gasteiger partial charge in [0.25, 0.3) is 0 Å². The van der Waals surface area contributed by atoms with Gasteiger partial charge in [-0.25, -0.2) is 13.7 Å². The van der Waals surface area contributed by atoms with Crippen LogP contribution in [-0.2, 0) is 50.9 Å². The molecule has 19 nitrogen and oxygen atoms in total. The Morgan fingerprint density at radius 2 is 0.841 bits per heavy atom. The normalized spacial score (nSPS) is 21.8. The lowest BCUT2D eigenvalue weighted by Crippen LogP contribution is -2.65. The Morgan fingerprint density at radius 1 is 0.464 bits per heavy atom. The van der Waals surface area contributed by atoms with E-state index in [9.17, 15) is 63.1 Å². The molecule has 400 valence electrons. The highest BCUT2D eigenvalue weighted by molar-refractivity contribution is 7.47. The Morgan fingerprint density at radius 3 is 1.29 bits per heavy atom. The Labute approximate surface area is 409 Å². The summed E-state index contributed by atoms with van der Waals surface area (Å²) in [4.78, 5) is 73.3. The van der Waals surface area contributed by atoms with Gasteiger partial charge in [-0.05, 0) is 83.5 Å². The number of aliphatic hydroxyl groups excluding tert-OH is 3. The maximum atomic E-state index is 13.1. The number of carbonyl (C=O) groups excluding carboxylic acids is 2. The van der Waals surface area contributed by atoms with Crippen LogP contribution in [0.2, 0.25) is 0 Å². The van der Waals surface area contributed by atoms with Gasteiger partial charge in [-0.15, -0.1) is 0 Å². The molecule has 1 saturated carbocycles. The van der Waals surface area contributed by atoms with Crippen molar-refractivity contribution in [2.75, 3.05) is 13.2 Å². The highest BCUT2D eigenvalue weighted by Gasteiger charge is 2.56. The van der Waals surface area contributed by atoms with Gasteiger partial charge in [0.1, 0.15) is 43.2 Å². The van der Waals surface area contributed by atoms with Gasteiger partial charge in [0.2, 0.25) is 0 Å². The summed E-state index contributed by atoms with van der Waals surface area (Å²) in [6.45, 7) is 2.86. The predicted molar refractivity (Wildman–Crippen MR) is 261 cm³/mol. The third-order valence-electron chi connectivity index (χ3n) is 10.8. The predicted octanol–water partition coefficient (Wildman–Crippen LogP) is 9.18. The van der Waals surface area contributed by atoms with Crippen molar-refractivity contribution >= 4 is 35.4 Å². The molecular formula is C47H83O19P3. The van der Waals surface area contributed by atoms with Gasteiger partial charge in [0.15, 0.2) is 6.10 Å². The fraction of sp³-hybridized carbons (Fsp3) is 0.745. The molecule has 0 bridgehead atoms. The molecule has 0 aromatic carbocycles. The third-order valence-corrected chi connectivity index (χ3v) is 12.8. The molecule has 0 aromatic heterocycles. The fourth-order valence-corrected chi connectivity index (χ4v) is 9.19. The molecule has 0 spiro atoms. The molecule has 1 aliphatic rings. The van der Waals surface area contributed by atoms with Gasteiger partial charge in [0.05, 0.1) is 6.61 Å². The molecule has 1 aliphatic carbocycles. The first-order valence-electron chi connectivity index (χ1n) is 24.6. The quantitative estimate of drug-likeness (QED) is 0.0122. The first-order chi connectivity index (χ1) is 32.8. The molecular weight excluding hydrogens is 961 g/mol. The highest BCUT2D eigenvalue weighted by Crippen LogP contribution is 2.51. The van der Waals surface area contributed by atoms with E-state index in [4.69, 9.17) is 18.5 Å². The van der Waals surface area contributed by atoms with Gasteiger partial charge in [-0.2, -0.15) is 0 Å². The van der Waals surface area contributed by atoms with Crippen molar-refractivity contribution in [1.29, 1.82) is 0 Å². The lowest BCUT2D eigenvalue weighted by atomic mass is 9.85. The van der Waals surface area contributed by atoms with Gasteiger partial charge < -0.3 is 49.3 Å². The van der Waals surface area contributed by atoms with E-state index < -0.39 is 91.3 Å². The van der Waals surface area contributed by atoms with Crippen molar-refractivity contribution in [3.05, 3.63) is 60.8 Å². The van der Waals surface area contributed by atoms with Gasteiger partial charge in [-0.1, -0.05) is 132 Å². The van der Waals surface area contributed by atoms with Crippen LogP contribution in [0, 0.1) is 0 Å². The van der Waals surface area contributed by atoms with Crippen LogP contribution >= 0.6 is 23.5 Å². The molecule has 0 radical (unpaired) electrons. The first-order valence-corrected chi connectivity index (χ1v) is 29.1. The number of allylic oxidation sites excluding steroid dienone is 10. The van der Waals surface area contributed by atoms with Crippen LogP contribution in [0.5, 0.6) is 0 Å². The number of hydrogen-bond donors (Lipinski definition) is 8. The maximum absolute atomic E-state index is 13.1. The molecule has 0 aromatic rings. The summed E-state index contributed by atoms with van der Waals surface area (Å²) in [6.07, 6.45) is 26.6. The number of carbonyl (C=O) groups is 2. The second-order valence-corrected chi connectivity index (χ2v) is 20.8. The summed E-state index contributed by atoms with van der Waals surface area (Å²) < 4.78 is 65.5. The number of phosphoric acid groups is 3. The Balaban J connectivity index is 2.75. The molecule has 0 heterocycles. The number of hydrogen-bond acceptors (Lipinski definition) is 14. The Bertz CT molecular complexity index is 1670. The molecule has 22 heteroatoms. The molecule has 8 N–H and O–H groups in total. The SMILES string of the molecule is CCCCC/C=C\C/C=C\C/C=C\CCCCCCC(=O)O[C@H](COC(=O)CCCCCCC/C=C\C/C=C\CCCCC)COP(=O)(O)O[C@H]1C(O)C(O)C(OP(=O)(O)O)[C@@H](OP(=O)(O)O)C1O. The topological polar surface area (TPSA) is 303 Å². The van der Waals surface area contributed by atoms with E-state index in [1.54, 1.807) is 0 Å². The van der Waals surface area contributed by atoms with E-state index >= 15 is 0 Å². The van der Waals surface area contributed by atoms with E-state index in [1.807, 2.05) is 0 Å². The Kier molecular flexibility index (Phi) is 36.2. The summed E-state index contributed by atoms with van der Waals surface area (Å²) in [5.74, 6) is -1.34. The van der Waals surface area contributed by atoms with E-state index in [-0.39, 0.29) is 12.8 Å². The maximum Gasteiger partial charge on any atom is 0.472 e. The number of ether oxygens (including phenoxy) is 2. The minimum Gasteiger partial charge on any atom is -0.462 e. The number of aliphatic hydroxyl groups is 3. The lowest BCUT2D eigenvalue weighted by molar-refractivity contribution is -0.213. The molecule has 5 unspecified atom stereocenters. The van der Waals surface area contributed by atoms with Crippen molar-refractivity contribution < 1.29 is 90.6 Å². The zero-order valence-corrected chi connectivity index (χ0v) is 43.3. The molecule has 1 fully saturated rings. The molecule has 0 aliphatic heterocycles. The van der Waals surface area contributed by atoms with Crippen LogP contribution in [-0.4, -0.2) is 108 Å². The summed E-state index contributed by atoms with van der Waals surface area (Å²) in [5.41, 5.74) is 0. The van der Waals surface area contributed by atoms with Crippen molar-refractivity contribution in [2.24, 2.45) is 0 Å². The third kappa shape index (κ3) is 34.8. The first kappa shape index (κ1) is 64.9. The van der Waals surface area contributed by atoms with Crippen LogP contribution < -0.4 is 0 Å². The van der Waals surface area contributed by atoms with E-state index in [0.717, 1.165) is 83.5 Å². The fourth-order valence-electron chi connectivity index (χ4n) is 7.09. The Hall–Kier alpha value is -2.15. The molecule has 0 saturated heterocycles. The largest absolute Gasteiger partial charge is 0.472 e. The molecule has 69 heavy (non-hydrogen) atoms. The highest BCUT2D eigenvalue weighted by atomic mass is 31.2. The second kappa shape index (κ2) is 38.5. The van der Waals surface area contributed by atoms with E-state index in [1.165, 1.54) is 38.5 Å². The van der Waals surface area contributed by atoms with Crippen molar-refractivity contribution in [3.8, 4) is 0 Å². The van der Waals surface area contributed by atoms with Gasteiger partial charge in [0, 0.05) is 12.8 Å². The summed E-state index contributed by atoms with van der Waals surface area (Å²) >= 11 is 0. The van der Waals surface area contributed by atoms with E-state index in [0.29, 0.717) is 19.3 Å². The van der Waals surface area contributed by atoms with Crippen molar-refractivity contribution in [1.82, 2.24) is 0 Å². The molecule has 1 rings (SSSR count). The van der Waals surface area contributed by atoms with E-state index in [2.05, 4.69) is 83.7 Å². The zero-order valence-electron chi connectivity index (χ0n) is 40.6. The minimum atomic E-state index is -5.61. The average Bonchev–Trinajstić information content (AvgIpc) is 3.28. The summed E-state index contributed by atoms with van der Waals surface area (Å²) in [5, 5.41) is 31.9. The number of esters is 2. The van der Waals surface area contributed by atoms with Crippen LogP contribution in [0.1, 0.15) is 168 Å². The van der Waals surface area contributed by atoms with Gasteiger partial charge >= 0.3 is 35.4 Å². The second-order valence-electron chi connectivity index (χ2n) is 17.0. The zero-order chi connectivity index (χ0) is 51.4. The summed E-state index contributed by atoms with van der Waals surface area (Å²) in [6, 6.07) is 0. The molecule has 8 atom stereocenters. The lowest BCUT2D eigenvalue weighted by Gasteiger charge is -2.44. The molecule has 0 amide bonds. The smallest absolute Gasteiger partial charge is 0.462 e. The monoisotopic (exact) mass is 1040 g/mol. The van der Waals surface area contributed by atoms with Crippen LogP contribution in [0.3, 0.4) is 0 Å². The standard InChI is InChI=1S/C47H83O19P3/c1-3-5-7-9-11-13-15-17-19-20-22-24-26-28-30-32-34-36-41(49)63-39(37-61-40(48)35-33-31-29-27-25-23-21-18-16-14-12-10-8-6-4-2)38-62-69(59,60)66-45-42(50)43(51)46(64-67(53,54)55)47(44(45)52)65-68(56,57)58/h11-14,17-19,21-22,24,39,42-47,50-52H,3-10,15-16,20,23,25-38H2,1-2H3,(H,59,60)(H2,53,54,55)(H2,56,57,58)/b13-11-,14-12-,19-17-,21-18-,24-22-/t39-,42?,43?,44?,45+,46?,47+/m1/s1. The average molecular weight is 1050 g/mol. The number of rotatable bonds is 41. The minimum absolute atomic E-state index is 0.0332. The number of phosphoric ester groups is 3. The van der Waals surface area contributed by atoms with Crippen LogP contribution in [0.15, 0.2) is 60.8 Å². The van der Waals surface area contributed by atoms with Crippen LogP contribution in [0.25, 0.3) is 0 Å². The van der Waals surface area contributed by atoms with Crippen LogP contribution in [0.4, 0.5) is 0 Å². The number of unbranched alkanes of at least 4 members (excludes halogenated alkanes) is 15. The van der Waals surface area contributed by atoms with Crippen molar-refractivity contribution in [2.45, 2.75) is 211 Å². The van der Waals surface area contributed by atoms with Crippen molar-refractivity contribution in [3.63, 3.8) is 0 Å².